The van der Waals surface area contributed by atoms with E-state index < -0.39 is 0 Å². The first-order valence-corrected chi connectivity index (χ1v) is 14.1. The van der Waals surface area contributed by atoms with Crippen LogP contribution in [0.3, 0.4) is 0 Å². The molecule has 204 valence electrons. The Morgan fingerprint density at radius 2 is 1.10 bits per heavy atom. The second kappa shape index (κ2) is 9.89. The number of nitrogens with zero attached hydrogens (tertiary/aromatic N) is 2. The lowest BCUT2D eigenvalue weighted by Gasteiger charge is -2.22. The monoisotopic (exact) mass is 528 g/mol. The van der Waals surface area contributed by atoms with E-state index in [9.17, 15) is 5.11 Å². The Morgan fingerprint density at radius 1 is 0.625 bits per heavy atom. The summed E-state index contributed by atoms with van der Waals surface area (Å²) in [4.78, 5) is 0. The van der Waals surface area contributed by atoms with Crippen LogP contribution in [0.15, 0.2) is 84.0 Å². The van der Waals surface area contributed by atoms with Crippen LogP contribution in [0.4, 0.5) is 0 Å². The van der Waals surface area contributed by atoms with Gasteiger partial charge in [0.25, 0.3) is 0 Å². The predicted octanol–water partition coefficient (Wildman–Crippen LogP) is 8.04. The van der Waals surface area contributed by atoms with Crippen LogP contribution in [-0.4, -0.2) is 5.90 Å². The van der Waals surface area contributed by atoms with E-state index in [0.29, 0.717) is 5.56 Å². The summed E-state index contributed by atoms with van der Waals surface area (Å²) in [6.45, 7) is 19.9. The number of hydrogen-bond donors (Lipinski definition) is 0. The molecule has 0 bridgehead atoms. The molecule has 0 unspecified atom stereocenters. The largest absolute Gasteiger partial charge is 0.854 e. The summed E-state index contributed by atoms with van der Waals surface area (Å²) in [6, 6.07) is 27.2. The maximum atomic E-state index is 13.6. The van der Waals surface area contributed by atoms with Crippen LogP contribution in [0.2, 0.25) is 0 Å². The topological polar surface area (TPSA) is 39.3 Å². The van der Waals surface area contributed by atoms with Gasteiger partial charge in [-0.05, 0) is 86.9 Å². The van der Waals surface area contributed by atoms with Crippen LogP contribution < -0.4 is 9.78 Å². The summed E-state index contributed by atoms with van der Waals surface area (Å²) < 4.78 is 1.90. The van der Waals surface area contributed by atoms with Gasteiger partial charge < -0.3 is 5.11 Å². The molecule has 0 aliphatic heterocycles. The molecule has 0 atom stereocenters. The maximum absolute atomic E-state index is 13.6. The highest BCUT2D eigenvalue weighted by atomic mass is 16.3. The van der Waals surface area contributed by atoms with Crippen molar-refractivity contribution in [2.45, 2.75) is 73.1 Å². The smallest absolute Gasteiger partial charge is 0.246 e. The van der Waals surface area contributed by atoms with Crippen LogP contribution in [0.25, 0.3) is 32.9 Å². The van der Waals surface area contributed by atoms with Gasteiger partial charge in [0.05, 0.1) is 16.7 Å². The summed E-state index contributed by atoms with van der Waals surface area (Å²) in [5, 5.41) is 20.6. The molecule has 1 aromatic heterocycles. The van der Waals surface area contributed by atoms with Crippen molar-refractivity contribution < 1.29 is 9.78 Å². The van der Waals surface area contributed by atoms with Crippen LogP contribution in [-0.2, 0) is 10.8 Å². The zero-order chi connectivity index (χ0) is 29.0. The molecule has 0 aliphatic rings. The summed E-state index contributed by atoms with van der Waals surface area (Å²) >= 11 is 0. The van der Waals surface area contributed by atoms with E-state index in [1.807, 2.05) is 35.0 Å². The Bertz CT molecular complexity index is 1680. The molecular weight excluding hydrogens is 488 g/mol. The van der Waals surface area contributed by atoms with Crippen LogP contribution in [0, 0.1) is 20.8 Å². The first-order chi connectivity index (χ1) is 18.8. The molecule has 0 spiro atoms. The molecule has 0 amide bonds. The normalized spacial score (nSPS) is 12.9. The summed E-state index contributed by atoms with van der Waals surface area (Å²) in [7, 11) is 0. The van der Waals surface area contributed by atoms with Gasteiger partial charge in [-0.1, -0.05) is 102 Å². The number of aryl methyl sites for hydroxylation is 3. The highest BCUT2D eigenvalue weighted by molar-refractivity contribution is 6.09. The van der Waals surface area contributed by atoms with Crippen molar-refractivity contribution in [1.29, 1.82) is 0 Å². The molecule has 4 aromatic carbocycles. The van der Waals surface area contributed by atoms with E-state index >= 15 is 0 Å². The molecule has 0 saturated carbocycles. The van der Waals surface area contributed by atoms with Crippen molar-refractivity contribution in [3.63, 3.8) is 0 Å². The number of benzene rings is 4. The lowest BCUT2D eigenvalue weighted by atomic mass is 9.83. The molecule has 0 fully saturated rings. The molecule has 0 aliphatic carbocycles. The van der Waals surface area contributed by atoms with E-state index in [1.165, 1.54) is 38.9 Å². The van der Waals surface area contributed by atoms with Crippen LogP contribution >= 0.6 is 0 Å². The molecule has 0 saturated heterocycles. The standard InChI is InChI=1S/C37H40N2O/c1-23-19-24(2)33(25(3)20-23)34-29-17-15-27(36(4,5)6)21-31(29)39(38-35(40)26-13-11-10-12-14-26)32-22-28(37(7,8)9)16-18-30(32)34/h10-22H,1-9H3. The third-order valence-electron chi connectivity index (χ3n) is 7.86. The van der Waals surface area contributed by atoms with E-state index in [1.54, 1.807) is 0 Å². The van der Waals surface area contributed by atoms with Crippen molar-refractivity contribution in [3.8, 4) is 11.1 Å². The molecule has 1 heterocycles. The number of fused-ring (bicyclic) bond motifs is 2. The number of hydrogen-bond acceptors (Lipinski definition) is 2. The minimum atomic E-state index is -0.258. The van der Waals surface area contributed by atoms with Gasteiger partial charge in [-0.3, -0.25) is 0 Å². The second-order valence-electron chi connectivity index (χ2n) is 13.2. The quantitative estimate of drug-likeness (QED) is 0.101. The van der Waals surface area contributed by atoms with Gasteiger partial charge in [0.2, 0.25) is 11.0 Å². The predicted molar refractivity (Wildman–Crippen MR) is 167 cm³/mol. The summed E-state index contributed by atoms with van der Waals surface area (Å²) in [5.74, 6) is -0.258. The Balaban J connectivity index is 2.02. The molecule has 3 nitrogen and oxygen atoms in total. The van der Waals surface area contributed by atoms with E-state index in [0.717, 1.165) is 21.8 Å². The van der Waals surface area contributed by atoms with Crippen LogP contribution in [0.1, 0.15) is 74.9 Å². The zero-order valence-corrected chi connectivity index (χ0v) is 25.3. The lowest BCUT2D eigenvalue weighted by molar-refractivity contribution is -0.628. The van der Waals surface area contributed by atoms with E-state index in [4.69, 9.17) is 5.10 Å². The average molecular weight is 529 g/mol. The van der Waals surface area contributed by atoms with Crippen molar-refractivity contribution in [3.05, 3.63) is 112 Å². The first-order valence-electron chi connectivity index (χ1n) is 14.1. The molecule has 40 heavy (non-hydrogen) atoms. The van der Waals surface area contributed by atoms with Gasteiger partial charge in [-0.25, -0.2) is 0 Å². The van der Waals surface area contributed by atoms with E-state index in [2.05, 4.69) is 111 Å². The zero-order valence-electron chi connectivity index (χ0n) is 25.3. The van der Waals surface area contributed by atoms with E-state index in [-0.39, 0.29) is 16.7 Å². The van der Waals surface area contributed by atoms with Crippen LogP contribution in [0.5, 0.6) is 0 Å². The average Bonchev–Trinajstić information content (AvgIpc) is 2.88. The van der Waals surface area contributed by atoms with Gasteiger partial charge in [0, 0.05) is 17.7 Å². The first kappa shape index (κ1) is 27.6. The highest BCUT2D eigenvalue weighted by Crippen LogP contribution is 2.40. The Labute approximate surface area is 238 Å². The molecular formula is C37H40N2O. The SMILES string of the molecule is Cc1cc(C)c(-c2c3ccc(C(C)(C)C)cc3[n+](N=C([O-])c3ccccc3)c3cc(C(C)(C)C)ccc23)c(C)c1. The van der Waals surface area contributed by atoms with Crippen molar-refractivity contribution >= 4 is 27.7 Å². The minimum Gasteiger partial charge on any atom is -0.854 e. The minimum absolute atomic E-state index is 0.0620. The number of rotatable bonds is 3. The fourth-order valence-corrected chi connectivity index (χ4v) is 5.73. The van der Waals surface area contributed by atoms with Gasteiger partial charge >= 0.3 is 0 Å². The van der Waals surface area contributed by atoms with Gasteiger partial charge in [0.15, 0.2) is 0 Å². The third-order valence-corrected chi connectivity index (χ3v) is 7.86. The molecule has 0 radical (unpaired) electrons. The number of pyridine rings is 1. The Morgan fingerprint density at radius 3 is 1.55 bits per heavy atom. The van der Waals surface area contributed by atoms with Crippen molar-refractivity contribution in [2.75, 3.05) is 0 Å². The molecule has 0 N–H and O–H groups in total. The lowest BCUT2D eigenvalue weighted by Crippen LogP contribution is -2.36. The molecule has 3 heteroatoms. The Kier molecular flexibility index (Phi) is 6.82. The fourth-order valence-electron chi connectivity index (χ4n) is 5.73. The summed E-state index contributed by atoms with van der Waals surface area (Å²) in [5.41, 5.74) is 10.9. The molecule has 5 rings (SSSR count). The highest BCUT2D eigenvalue weighted by Gasteiger charge is 2.28. The van der Waals surface area contributed by atoms with Gasteiger partial charge in [-0.2, -0.15) is 0 Å². The fraction of sp³-hybridized carbons (Fsp3) is 0.297. The number of aromatic nitrogens is 1. The third kappa shape index (κ3) is 5.01. The summed E-state index contributed by atoms with van der Waals surface area (Å²) in [6.07, 6.45) is 0. The van der Waals surface area contributed by atoms with Crippen molar-refractivity contribution in [2.24, 2.45) is 5.10 Å². The van der Waals surface area contributed by atoms with Gasteiger partial charge in [0.1, 0.15) is 0 Å². The maximum Gasteiger partial charge on any atom is 0.246 e. The second-order valence-corrected chi connectivity index (χ2v) is 13.2. The van der Waals surface area contributed by atoms with Crippen molar-refractivity contribution in [1.82, 2.24) is 0 Å². The molecule has 5 aromatic rings. The van der Waals surface area contributed by atoms with Gasteiger partial charge in [-0.15, -0.1) is 0 Å². The Hall–Kier alpha value is -3.98.